The predicted octanol–water partition coefficient (Wildman–Crippen LogP) is 1.88. The van der Waals surface area contributed by atoms with Crippen molar-refractivity contribution in [1.82, 2.24) is 8.87 Å². The van der Waals surface area contributed by atoms with Crippen LogP contribution in [0.25, 0.3) is 6.08 Å². The second kappa shape index (κ2) is 6.80. The summed E-state index contributed by atoms with van der Waals surface area (Å²) in [4.78, 5) is 12.7. The highest BCUT2D eigenvalue weighted by Gasteiger charge is 2.16. The van der Waals surface area contributed by atoms with Crippen LogP contribution >= 0.6 is 0 Å². The van der Waals surface area contributed by atoms with Gasteiger partial charge >= 0.3 is 5.97 Å². The molecule has 1 heterocycles. The maximum Gasteiger partial charge on any atom is 0.328 e. The van der Waals surface area contributed by atoms with E-state index in [1.165, 1.54) is 24.5 Å². The van der Waals surface area contributed by atoms with Crippen molar-refractivity contribution >= 4 is 22.1 Å². The lowest BCUT2D eigenvalue weighted by atomic mass is 10.2. The Bertz CT molecular complexity index is 818. The second-order valence-electron chi connectivity index (χ2n) is 5.33. The predicted molar refractivity (Wildman–Crippen MR) is 87.5 cm³/mol. The van der Waals surface area contributed by atoms with E-state index in [1.54, 1.807) is 24.3 Å². The molecule has 0 saturated carbocycles. The molecule has 0 amide bonds. The molecule has 7 heteroatoms. The van der Waals surface area contributed by atoms with Crippen molar-refractivity contribution in [2.45, 2.75) is 11.4 Å². The first-order chi connectivity index (χ1) is 10.8. The Kier molecular flexibility index (Phi) is 5.02. The number of rotatable bonds is 6. The standard InChI is InChI=1S/C16H18N2O4S/c1-17(2)11-13-3-6-15(7-4-13)23(21,22)18-10-9-14(12-18)5-8-16(19)20/h3-10,12H,11H2,1-2H3,(H,19,20)/b8-5+. The lowest BCUT2D eigenvalue weighted by Gasteiger charge is -2.10. The van der Waals surface area contributed by atoms with Gasteiger partial charge in [-0.2, -0.15) is 0 Å². The number of nitrogens with zero attached hydrogens (tertiary/aromatic N) is 2. The van der Waals surface area contributed by atoms with Gasteiger partial charge in [0, 0.05) is 25.0 Å². The Hall–Kier alpha value is -2.38. The summed E-state index contributed by atoms with van der Waals surface area (Å²) in [5, 5.41) is 8.59. The molecule has 6 nitrogen and oxygen atoms in total. The molecule has 0 aliphatic heterocycles. The molecule has 1 aromatic carbocycles. The molecule has 122 valence electrons. The minimum atomic E-state index is -3.68. The van der Waals surface area contributed by atoms with E-state index in [0.29, 0.717) is 5.56 Å². The van der Waals surface area contributed by atoms with E-state index in [9.17, 15) is 13.2 Å². The van der Waals surface area contributed by atoms with Gasteiger partial charge < -0.3 is 10.0 Å². The summed E-state index contributed by atoms with van der Waals surface area (Å²) in [5.41, 5.74) is 1.52. The largest absolute Gasteiger partial charge is 0.478 e. The van der Waals surface area contributed by atoms with Crippen LogP contribution < -0.4 is 0 Å². The Labute approximate surface area is 135 Å². The summed E-state index contributed by atoms with van der Waals surface area (Å²) in [7, 11) is 0.202. The average Bonchev–Trinajstić information content (AvgIpc) is 2.94. The molecule has 0 radical (unpaired) electrons. The van der Waals surface area contributed by atoms with Crippen LogP contribution in [-0.2, 0) is 21.4 Å². The molecule has 1 aromatic heterocycles. The van der Waals surface area contributed by atoms with Gasteiger partial charge in [-0.3, -0.25) is 0 Å². The number of aromatic nitrogens is 1. The molecule has 0 bridgehead atoms. The van der Waals surface area contributed by atoms with Gasteiger partial charge in [0.1, 0.15) is 0 Å². The maximum atomic E-state index is 12.5. The number of hydrogen-bond donors (Lipinski definition) is 1. The number of carboxylic acids is 1. The van der Waals surface area contributed by atoms with Crippen LogP contribution in [-0.4, -0.2) is 42.5 Å². The van der Waals surface area contributed by atoms with Crippen LogP contribution in [0.3, 0.4) is 0 Å². The third kappa shape index (κ3) is 4.30. The minimum Gasteiger partial charge on any atom is -0.478 e. The Morgan fingerprint density at radius 3 is 2.43 bits per heavy atom. The molecule has 0 atom stereocenters. The highest BCUT2D eigenvalue weighted by molar-refractivity contribution is 7.90. The summed E-state index contributed by atoms with van der Waals surface area (Å²) in [6, 6.07) is 8.24. The van der Waals surface area contributed by atoms with Gasteiger partial charge in [-0.05, 0) is 49.5 Å². The average molecular weight is 334 g/mol. The Morgan fingerprint density at radius 2 is 1.87 bits per heavy atom. The second-order valence-corrected chi connectivity index (χ2v) is 7.18. The Morgan fingerprint density at radius 1 is 1.22 bits per heavy atom. The molecule has 2 aromatic rings. The molecule has 0 unspecified atom stereocenters. The molecule has 0 saturated heterocycles. The van der Waals surface area contributed by atoms with Gasteiger partial charge in [0.15, 0.2) is 0 Å². The fourth-order valence-corrected chi connectivity index (χ4v) is 3.27. The monoisotopic (exact) mass is 334 g/mol. The summed E-state index contributed by atoms with van der Waals surface area (Å²) >= 11 is 0. The van der Waals surface area contributed by atoms with E-state index in [4.69, 9.17) is 5.11 Å². The quantitative estimate of drug-likeness (QED) is 0.816. The molecular weight excluding hydrogens is 316 g/mol. The summed E-state index contributed by atoms with van der Waals surface area (Å²) < 4.78 is 26.1. The van der Waals surface area contributed by atoms with Crippen molar-refractivity contribution < 1.29 is 18.3 Å². The highest BCUT2D eigenvalue weighted by atomic mass is 32.2. The van der Waals surface area contributed by atoms with Gasteiger partial charge in [-0.15, -0.1) is 0 Å². The lowest BCUT2D eigenvalue weighted by Crippen LogP contribution is -2.12. The van der Waals surface area contributed by atoms with E-state index < -0.39 is 16.0 Å². The fourth-order valence-electron chi connectivity index (χ4n) is 2.06. The van der Waals surface area contributed by atoms with Crippen molar-refractivity contribution in [2.75, 3.05) is 14.1 Å². The zero-order chi connectivity index (χ0) is 17.0. The van der Waals surface area contributed by atoms with Gasteiger partial charge in [0.05, 0.1) is 4.90 Å². The number of hydrogen-bond acceptors (Lipinski definition) is 4. The summed E-state index contributed by atoms with van der Waals surface area (Å²) in [6.45, 7) is 0.730. The third-order valence-corrected chi connectivity index (χ3v) is 4.76. The van der Waals surface area contributed by atoms with E-state index in [0.717, 1.165) is 22.2 Å². The van der Waals surface area contributed by atoms with Gasteiger partial charge in [0.25, 0.3) is 10.0 Å². The first-order valence-electron chi connectivity index (χ1n) is 6.87. The van der Waals surface area contributed by atoms with E-state index in [2.05, 4.69) is 0 Å². The Balaban J connectivity index is 2.26. The fraction of sp³-hybridized carbons (Fsp3) is 0.188. The molecule has 0 aliphatic rings. The van der Waals surface area contributed by atoms with E-state index in [1.807, 2.05) is 19.0 Å². The van der Waals surface area contributed by atoms with Crippen molar-refractivity contribution in [2.24, 2.45) is 0 Å². The van der Waals surface area contributed by atoms with Gasteiger partial charge in [0.2, 0.25) is 0 Å². The van der Waals surface area contributed by atoms with Gasteiger partial charge in [-0.1, -0.05) is 12.1 Å². The number of aliphatic carboxylic acids is 1. The summed E-state index contributed by atoms with van der Waals surface area (Å²) in [6.07, 6.45) is 5.07. The van der Waals surface area contributed by atoms with Crippen molar-refractivity contribution in [3.05, 3.63) is 59.9 Å². The van der Waals surface area contributed by atoms with Crippen LogP contribution in [0.4, 0.5) is 0 Å². The molecule has 0 spiro atoms. The number of carbonyl (C=O) groups is 1. The van der Waals surface area contributed by atoms with Crippen LogP contribution in [0.1, 0.15) is 11.1 Å². The normalized spacial score (nSPS) is 12.1. The van der Waals surface area contributed by atoms with Gasteiger partial charge in [-0.25, -0.2) is 17.2 Å². The maximum absolute atomic E-state index is 12.5. The molecule has 2 rings (SSSR count). The van der Waals surface area contributed by atoms with Crippen molar-refractivity contribution in [3.8, 4) is 0 Å². The van der Waals surface area contributed by atoms with E-state index >= 15 is 0 Å². The minimum absolute atomic E-state index is 0.185. The van der Waals surface area contributed by atoms with Crippen LogP contribution in [0, 0.1) is 0 Å². The van der Waals surface area contributed by atoms with Crippen LogP contribution in [0.15, 0.2) is 53.7 Å². The van der Waals surface area contributed by atoms with Crippen molar-refractivity contribution in [1.29, 1.82) is 0 Å². The first-order valence-corrected chi connectivity index (χ1v) is 8.31. The van der Waals surface area contributed by atoms with Crippen LogP contribution in [0.5, 0.6) is 0 Å². The molecular formula is C16H18N2O4S. The van der Waals surface area contributed by atoms with Crippen molar-refractivity contribution in [3.63, 3.8) is 0 Å². The SMILES string of the molecule is CN(C)Cc1ccc(S(=O)(=O)n2ccc(/C=C/C(=O)O)c2)cc1. The molecule has 23 heavy (non-hydrogen) atoms. The van der Waals surface area contributed by atoms with E-state index in [-0.39, 0.29) is 4.90 Å². The number of benzene rings is 1. The van der Waals surface area contributed by atoms with Crippen LogP contribution in [0.2, 0.25) is 0 Å². The molecule has 0 fully saturated rings. The highest BCUT2D eigenvalue weighted by Crippen LogP contribution is 2.17. The number of carboxylic acid groups (broad SMARTS) is 1. The summed E-state index contributed by atoms with van der Waals surface area (Å²) in [5.74, 6) is -1.09. The molecule has 1 N–H and O–H groups in total. The zero-order valence-corrected chi connectivity index (χ0v) is 13.7. The lowest BCUT2D eigenvalue weighted by molar-refractivity contribution is -0.131. The third-order valence-electron chi connectivity index (χ3n) is 3.11. The zero-order valence-electron chi connectivity index (χ0n) is 12.9. The topological polar surface area (TPSA) is 79.6 Å². The molecule has 0 aliphatic carbocycles. The first kappa shape index (κ1) is 17.0. The smallest absolute Gasteiger partial charge is 0.328 e.